The summed E-state index contributed by atoms with van der Waals surface area (Å²) < 4.78 is 0. The minimum absolute atomic E-state index is 0.0778. The molecule has 2 aromatic rings. The van der Waals surface area contributed by atoms with Crippen LogP contribution in [0.2, 0.25) is 0 Å². The Hall–Kier alpha value is -2.21. The number of thiazole rings is 1. The van der Waals surface area contributed by atoms with Gasteiger partial charge in [-0.2, -0.15) is 0 Å². The summed E-state index contributed by atoms with van der Waals surface area (Å²) in [6.07, 6.45) is 3.89. The second-order valence-electron chi connectivity index (χ2n) is 5.04. The fourth-order valence-electron chi connectivity index (χ4n) is 2.22. The van der Waals surface area contributed by atoms with E-state index >= 15 is 0 Å². The molecule has 0 aliphatic heterocycles. The first-order chi connectivity index (χ1) is 10.1. The molecule has 1 heterocycles. The molecule has 5 nitrogen and oxygen atoms in total. The van der Waals surface area contributed by atoms with Crippen LogP contribution in [0.1, 0.15) is 44.6 Å². The highest BCUT2D eigenvalue weighted by molar-refractivity contribution is 7.09. The molecule has 0 radical (unpaired) electrons. The fraction of sp³-hybridized carbons (Fsp3) is 0.267. The largest absolute Gasteiger partial charge is 0.478 e. The predicted octanol–water partition coefficient (Wildman–Crippen LogP) is 2.72. The fourth-order valence-corrected chi connectivity index (χ4v) is 3.00. The number of nitrogens with one attached hydrogen (secondary N) is 1. The standard InChI is InChI=1S/C15H14N2O3S/c18-13(10-2-1-3-11(8-10)15(19)20)17-12(9-4-5-9)14-16-6-7-21-14/h1-3,6-9,12H,4-5H2,(H,17,18)(H,19,20). The first-order valence-corrected chi connectivity index (χ1v) is 7.57. The van der Waals surface area contributed by atoms with Gasteiger partial charge in [-0.05, 0) is 37.0 Å². The van der Waals surface area contributed by atoms with E-state index in [-0.39, 0.29) is 17.5 Å². The zero-order valence-electron chi connectivity index (χ0n) is 11.2. The van der Waals surface area contributed by atoms with E-state index in [4.69, 9.17) is 5.11 Å². The lowest BCUT2D eigenvalue weighted by Gasteiger charge is -2.16. The van der Waals surface area contributed by atoms with Crippen molar-refractivity contribution in [1.82, 2.24) is 10.3 Å². The Morgan fingerprint density at radius 2 is 2.10 bits per heavy atom. The molecule has 6 heteroatoms. The summed E-state index contributed by atoms with van der Waals surface area (Å²) >= 11 is 1.52. The Kier molecular flexibility index (Phi) is 3.70. The first kappa shape index (κ1) is 13.8. The van der Waals surface area contributed by atoms with E-state index < -0.39 is 5.97 Å². The summed E-state index contributed by atoms with van der Waals surface area (Å²) in [7, 11) is 0. The van der Waals surface area contributed by atoms with Crippen LogP contribution in [0.3, 0.4) is 0 Å². The molecule has 21 heavy (non-hydrogen) atoms. The van der Waals surface area contributed by atoms with Crippen molar-refractivity contribution in [3.05, 3.63) is 52.0 Å². The quantitative estimate of drug-likeness (QED) is 0.890. The molecule has 1 atom stereocenters. The van der Waals surface area contributed by atoms with Gasteiger partial charge in [0.1, 0.15) is 5.01 Å². The average molecular weight is 302 g/mol. The summed E-state index contributed by atoms with van der Waals surface area (Å²) in [5.41, 5.74) is 0.469. The van der Waals surface area contributed by atoms with Crippen molar-refractivity contribution in [2.24, 2.45) is 5.92 Å². The Morgan fingerprint density at radius 3 is 2.71 bits per heavy atom. The van der Waals surface area contributed by atoms with E-state index in [1.54, 1.807) is 18.3 Å². The number of nitrogens with zero attached hydrogens (tertiary/aromatic N) is 1. The molecule has 2 N–H and O–H groups in total. The third-order valence-electron chi connectivity index (χ3n) is 3.47. The smallest absolute Gasteiger partial charge is 0.335 e. The molecule has 1 aromatic carbocycles. The van der Waals surface area contributed by atoms with Crippen molar-refractivity contribution in [1.29, 1.82) is 0 Å². The minimum atomic E-state index is -1.04. The molecule has 0 spiro atoms. The normalized spacial score (nSPS) is 15.4. The van der Waals surface area contributed by atoms with Crippen molar-refractivity contribution in [3.63, 3.8) is 0 Å². The number of rotatable bonds is 5. The van der Waals surface area contributed by atoms with Crippen LogP contribution in [-0.2, 0) is 0 Å². The van der Waals surface area contributed by atoms with Crippen LogP contribution in [0.5, 0.6) is 0 Å². The summed E-state index contributed by atoms with van der Waals surface area (Å²) in [5.74, 6) is -0.865. The van der Waals surface area contributed by atoms with E-state index in [9.17, 15) is 9.59 Å². The van der Waals surface area contributed by atoms with E-state index in [0.29, 0.717) is 11.5 Å². The molecular weight excluding hydrogens is 288 g/mol. The van der Waals surface area contributed by atoms with Gasteiger partial charge in [0.15, 0.2) is 0 Å². The second kappa shape index (κ2) is 5.65. The molecule has 1 aliphatic rings. The third kappa shape index (κ3) is 3.11. The van der Waals surface area contributed by atoms with Crippen LogP contribution in [0.4, 0.5) is 0 Å². The average Bonchev–Trinajstić information content (AvgIpc) is 3.18. The molecule has 1 aromatic heterocycles. The van der Waals surface area contributed by atoms with Gasteiger partial charge >= 0.3 is 5.97 Å². The third-order valence-corrected chi connectivity index (χ3v) is 4.33. The van der Waals surface area contributed by atoms with Gasteiger partial charge in [-0.3, -0.25) is 4.79 Å². The summed E-state index contributed by atoms with van der Waals surface area (Å²) in [4.78, 5) is 27.6. The lowest BCUT2D eigenvalue weighted by molar-refractivity contribution is 0.0697. The Balaban J connectivity index is 1.78. The zero-order valence-corrected chi connectivity index (χ0v) is 12.0. The Morgan fingerprint density at radius 1 is 1.33 bits per heavy atom. The number of carboxylic acid groups (broad SMARTS) is 1. The molecule has 108 valence electrons. The van der Waals surface area contributed by atoms with Gasteiger partial charge in [0.2, 0.25) is 0 Å². The van der Waals surface area contributed by atoms with Gasteiger partial charge < -0.3 is 10.4 Å². The van der Waals surface area contributed by atoms with Crippen LogP contribution in [0.15, 0.2) is 35.8 Å². The van der Waals surface area contributed by atoms with Crippen molar-refractivity contribution >= 4 is 23.2 Å². The van der Waals surface area contributed by atoms with Crippen LogP contribution in [-0.4, -0.2) is 22.0 Å². The number of hydrogen-bond acceptors (Lipinski definition) is 4. The minimum Gasteiger partial charge on any atom is -0.478 e. The number of carbonyl (C=O) groups is 2. The summed E-state index contributed by atoms with van der Waals surface area (Å²) in [6, 6.07) is 5.98. The molecular formula is C15H14N2O3S. The number of aromatic nitrogens is 1. The maximum Gasteiger partial charge on any atom is 0.335 e. The van der Waals surface area contributed by atoms with Crippen molar-refractivity contribution < 1.29 is 14.7 Å². The Labute approximate surface area is 125 Å². The maximum absolute atomic E-state index is 12.3. The van der Waals surface area contributed by atoms with Crippen LogP contribution in [0.25, 0.3) is 0 Å². The molecule has 1 amide bonds. The van der Waals surface area contributed by atoms with Gasteiger partial charge in [-0.25, -0.2) is 9.78 Å². The van der Waals surface area contributed by atoms with Crippen LogP contribution >= 0.6 is 11.3 Å². The summed E-state index contributed by atoms with van der Waals surface area (Å²) in [5, 5.41) is 14.8. The molecule has 1 saturated carbocycles. The van der Waals surface area contributed by atoms with Gasteiger partial charge in [-0.15, -0.1) is 11.3 Å². The molecule has 0 bridgehead atoms. The highest BCUT2D eigenvalue weighted by Gasteiger charge is 2.35. The lowest BCUT2D eigenvalue weighted by atomic mass is 10.1. The van der Waals surface area contributed by atoms with Gasteiger partial charge in [0.25, 0.3) is 5.91 Å². The van der Waals surface area contributed by atoms with E-state index in [1.807, 2.05) is 5.38 Å². The number of aromatic carboxylic acids is 1. The highest BCUT2D eigenvalue weighted by atomic mass is 32.1. The van der Waals surface area contributed by atoms with Gasteiger partial charge in [0, 0.05) is 17.1 Å². The maximum atomic E-state index is 12.3. The Bertz CT molecular complexity index is 665. The lowest BCUT2D eigenvalue weighted by Crippen LogP contribution is -2.30. The first-order valence-electron chi connectivity index (χ1n) is 6.69. The van der Waals surface area contributed by atoms with Crippen molar-refractivity contribution in [3.8, 4) is 0 Å². The molecule has 1 unspecified atom stereocenters. The topological polar surface area (TPSA) is 79.3 Å². The summed E-state index contributed by atoms with van der Waals surface area (Å²) in [6.45, 7) is 0. The number of hydrogen-bond donors (Lipinski definition) is 2. The van der Waals surface area contributed by atoms with E-state index in [1.165, 1.54) is 23.5 Å². The van der Waals surface area contributed by atoms with Crippen LogP contribution in [0, 0.1) is 5.92 Å². The predicted molar refractivity (Wildman–Crippen MR) is 78.4 cm³/mol. The highest BCUT2D eigenvalue weighted by Crippen LogP contribution is 2.41. The van der Waals surface area contributed by atoms with E-state index in [2.05, 4.69) is 10.3 Å². The number of amides is 1. The van der Waals surface area contributed by atoms with E-state index in [0.717, 1.165) is 17.8 Å². The number of benzene rings is 1. The second-order valence-corrected chi connectivity index (χ2v) is 5.97. The van der Waals surface area contributed by atoms with Crippen molar-refractivity contribution in [2.75, 3.05) is 0 Å². The SMILES string of the molecule is O=C(O)c1cccc(C(=O)NC(c2nccs2)C2CC2)c1. The van der Waals surface area contributed by atoms with Gasteiger partial charge in [-0.1, -0.05) is 6.07 Å². The van der Waals surface area contributed by atoms with Crippen molar-refractivity contribution in [2.45, 2.75) is 18.9 Å². The zero-order chi connectivity index (χ0) is 14.8. The van der Waals surface area contributed by atoms with Crippen LogP contribution < -0.4 is 5.32 Å². The molecule has 1 fully saturated rings. The molecule has 0 saturated heterocycles. The molecule has 3 rings (SSSR count). The number of carboxylic acids is 1. The molecule has 1 aliphatic carbocycles. The number of carbonyl (C=O) groups excluding carboxylic acids is 1. The monoisotopic (exact) mass is 302 g/mol. The van der Waals surface area contributed by atoms with Gasteiger partial charge in [0.05, 0.1) is 11.6 Å².